The number of hydrogen-bond donors (Lipinski definition) is 1. The van der Waals surface area contributed by atoms with Gasteiger partial charge in [0.2, 0.25) is 6.10 Å². The summed E-state index contributed by atoms with van der Waals surface area (Å²) in [5.74, 6) is -2.46. The van der Waals surface area contributed by atoms with Gasteiger partial charge in [0.05, 0.1) is 11.1 Å². The Bertz CT molecular complexity index is 1490. The van der Waals surface area contributed by atoms with Gasteiger partial charge in [0, 0.05) is 19.2 Å². The van der Waals surface area contributed by atoms with Crippen LogP contribution in [0.25, 0.3) is 0 Å². The second kappa shape index (κ2) is 10.9. The van der Waals surface area contributed by atoms with Gasteiger partial charge in [-0.05, 0) is 24.3 Å². The number of esters is 3. The predicted octanol–water partition coefficient (Wildman–Crippen LogP) is 1.13. The summed E-state index contributed by atoms with van der Waals surface area (Å²) >= 11 is 0. The third kappa shape index (κ3) is 5.23. The number of nitriles is 1. The number of hydrogen-bond acceptors (Lipinski definition) is 10. The minimum Gasteiger partial charge on any atom is -0.459 e. The van der Waals surface area contributed by atoms with E-state index in [2.05, 4.69) is 0 Å². The van der Waals surface area contributed by atoms with Crippen LogP contribution in [0.3, 0.4) is 0 Å². The third-order valence-electron chi connectivity index (χ3n) is 5.66. The Labute approximate surface area is 214 Å². The van der Waals surface area contributed by atoms with E-state index in [-0.39, 0.29) is 11.1 Å². The first kappa shape index (κ1) is 26.1. The maximum atomic E-state index is 13.0. The average Bonchev–Trinajstić information content (AvgIpc) is 3.20. The molecule has 0 amide bonds. The van der Waals surface area contributed by atoms with Crippen molar-refractivity contribution in [3.63, 3.8) is 0 Å². The standard InChI is InChI=1S/C26H21N3O9/c1-16(30)36-22-21(37-24(33)18-10-6-3-7-11-18)19(14-35-23(32)17-8-4-2-5-9-17)38-26(22,15-27)29-13-12-20(31)28-25(29)34/h2-13,19,21-22H,14H2,1H3,(H,28,31,34)/t19-,21-,22?,26-/m1/s1. The Morgan fingerprint density at radius 1 is 0.974 bits per heavy atom. The van der Waals surface area contributed by atoms with Gasteiger partial charge in [0.1, 0.15) is 18.8 Å². The van der Waals surface area contributed by atoms with E-state index in [1.54, 1.807) is 36.4 Å². The zero-order valence-corrected chi connectivity index (χ0v) is 19.9. The van der Waals surface area contributed by atoms with Crippen molar-refractivity contribution < 1.29 is 33.3 Å². The highest BCUT2D eigenvalue weighted by Crippen LogP contribution is 2.39. The highest BCUT2D eigenvalue weighted by atomic mass is 16.7. The largest absolute Gasteiger partial charge is 0.459 e. The highest BCUT2D eigenvalue weighted by Gasteiger charge is 2.62. The zero-order chi connectivity index (χ0) is 27.3. The summed E-state index contributed by atoms with van der Waals surface area (Å²) in [6, 6.07) is 18.6. The molecule has 0 aliphatic carbocycles. The van der Waals surface area contributed by atoms with Gasteiger partial charge in [-0.25, -0.2) is 14.4 Å². The second-order valence-corrected chi connectivity index (χ2v) is 8.18. The summed E-state index contributed by atoms with van der Waals surface area (Å²) in [6.07, 6.45) is -3.58. The molecule has 0 saturated carbocycles. The fraction of sp³-hybridized carbons (Fsp3) is 0.231. The van der Waals surface area contributed by atoms with E-state index in [9.17, 15) is 29.2 Å². The van der Waals surface area contributed by atoms with E-state index >= 15 is 0 Å². The molecular weight excluding hydrogens is 498 g/mol. The van der Waals surface area contributed by atoms with Crippen LogP contribution in [0.15, 0.2) is 82.5 Å². The number of rotatable bonds is 7. The minimum atomic E-state index is -2.39. The molecule has 1 unspecified atom stereocenters. The van der Waals surface area contributed by atoms with E-state index in [1.807, 2.05) is 11.1 Å². The lowest BCUT2D eigenvalue weighted by molar-refractivity contribution is -0.165. The molecule has 1 fully saturated rings. The maximum Gasteiger partial charge on any atom is 0.338 e. The molecule has 1 aliphatic rings. The summed E-state index contributed by atoms with van der Waals surface area (Å²) in [4.78, 5) is 63.9. The van der Waals surface area contributed by atoms with Crippen LogP contribution < -0.4 is 11.2 Å². The molecule has 2 heterocycles. The Balaban J connectivity index is 1.75. The average molecular weight is 519 g/mol. The van der Waals surface area contributed by atoms with Gasteiger partial charge >= 0.3 is 23.6 Å². The summed E-state index contributed by atoms with van der Waals surface area (Å²) in [5, 5.41) is 10.2. The predicted molar refractivity (Wildman–Crippen MR) is 128 cm³/mol. The van der Waals surface area contributed by atoms with Crippen LogP contribution in [-0.4, -0.2) is 52.4 Å². The number of carbonyl (C=O) groups excluding carboxylic acids is 3. The van der Waals surface area contributed by atoms with Gasteiger partial charge in [0.25, 0.3) is 11.3 Å². The van der Waals surface area contributed by atoms with Gasteiger partial charge in [-0.15, -0.1) is 0 Å². The van der Waals surface area contributed by atoms with E-state index in [0.717, 1.165) is 19.2 Å². The van der Waals surface area contributed by atoms with E-state index < -0.39 is 59.8 Å². The first-order valence-corrected chi connectivity index (χ1v) is 11.3. The molecule has 0 bridgehead atoms. The molecule has 1 saturated heterocycles. The van der Waals surface area contributed by atoms with Crippen LogP contribution in [0.2, 0.25) is 0 Å². The molecule has 4 rings (SSSR count). The van der Waals surface area contributed by atoms with Crippen molar-refractivity contribution in [1.29, 1.82) is 5.26 Å². The Kier molecular flexibility index (Phi) is 7.50. The molecule has 12 nitrogen and oxygen atoms in total. The lowest BCUT2D eigenvalue weighted by atomic mass is 10.0. The summed E-state index contributed by atoms with van der Waals surface area (Å²) in [6.45, 7) is 0.510. The molecule has 0 spiro atoms. The van der Waals surface area contributed by atoms with Crippen molar-refractivity contribution in [3.8, 4) is 6.07 Å². The molecule has 1 N–H and O–H groups in total. The Morgan fingerprint density at radius 3 is 2.13 bits per heavy atom. The highest BCUT2D eigenvalue weighted by molar-refractivity contribution is 5.90. The van der Waals surface area contributed by atoms with Crippen molar-refractivity contribution in [2.45, 2.75) is 31.0 Å². The minimum absolute atomic E-state index is 0.143. The Morgan fingerprint density at radius 2 is 1.58 bits per heavy atom. The zero-order valence-electron chi connectivity index (χ0n) is 19.9. The van der Waals surface area contributed by atoms with Gasteiger partial charge < -0.3 is 18.9 Å². The Hall–Kier alpha value is -5.02. The number of aromatic amines is 1. The van der Waals surface area contributed by atoms with Crippen LogP contribution in [0.5, 0.6) is 0 Å². The smallest absolute Gasteiger partial charge is 0.338 e. The quantitative estimate of drug-likeness (QED) is 0.353. The first-order chi connectivity index (χ1) is 18.2. The molecule has 3 aromatic rings. The molecule has 194 valence electrons. The number of nitrogens with one attached hydrogen (secondary N) is 1. The molecule has 1 aliphatic heterocycles. The lowest BCUT2D eigenvalue weighted by Crippen LogP contribution is -2.52. The van der Waals surface area contributed by atoms with Gasteiger partial charge in [0.15, 0.2) is 6.10 Å². The number of carbonyl (C=O) groups is 3. The van der Waals surface area contributed by atoms with Gasteiger partial charge in [-0.2, -0.15) is 5.26 Å². The normalized spacial score (nSPS) is 22.2. The van der Waals surface area contributed by atoms with Crippen LogP contribution in [0, 0.1) is 11.3 Å². The third-order valence-corrected chi connectivity index (χ3v) is 5.66. The molecule has 4 atom stereocenters. The monoisotopic (exact) mass is 519 g/mol. The number of H-pyrrole nitrogens is 1. The molecule has 1 aromatic heterocycles. The SMILES string of the molecule is CC(=O)OC1[C@H](OC(=O)c2ccccc2)[C@@H](COC(=O)c2ccccc2)O[C@@]1(C#N)n1ccc(=O)[nH]c1=O. The fourth-order valence-electron chi connectivity index (χ4n) is 3.97. The van der Waals surface area contributed by atoms with E-state index in [4.69, 9.17) is 18.9 Å². The maximum absolute atomic E-state index is 13.0. The number of ether oxygens (including phenoxy) is 4. The molecule has 0 radical (unpaired) electrons. The van der Waals surface area contributed by atoms with Crippen molar-refractivity contribution >= 4 is 17.9 Å². The van der Waals surface area contributed by atoms with E-state index in [0.29, 0.717) is 4.57 Å². The van der Waals surface area contributed by atoms with Crippen molar-refractivity contribution in [3.05, 3.63) is 105 Å². The summed E-state index contributed by atoms with van der Waals surface area (Å²) in [5.41, 5.74) is -3.82. The number of benzene rings is 2. The summed E-state index contributed by atoms with van der Waals surface area (Å²) in [7, 11) is 0. The van der Waals surface area contributed by atoms with Crippen molar-refractivity contribution in [1.82, 2.24) is 9.55 Å². The van der Waals surface area contributed by atoms with Crippen LogP contribution in [-0.2, 0) is 29.5 Å². The van der Waals surface area contributed by atoms with Gasteiger partial charge in [-0.3, -0.25) is 19.1 Å². The van der Waals surface area contributed by atoms with Crippen LogP contribution in [0.4, 0.5) is 0 Å². The number of nitrogens with zero attached hydrogens (tertiary/aromatic N) is 2. The van der Waals surface area contributed by atoms with Crippen molar-refractivity contribution in [2.75, 3.05) is 6.61 Å². The summed E-state index contributed by atoms with van der Waals surface area (Å²) < 4.78 is 23.0. The van der Waals surface area contributed by atoms with Crippen LogP contribution in [0.1, 0.15) is 27.6 Å². The lowest BCUT2D eigenvalue weighted by Gasteiger charge is -2.29. The first-order valence-electron chi connectivity index (χ1n) is 11.3. The molecular formula is C26H21N3O9. The van der Waals surface area contributed by atoms with Crippen LogP contribution >= 0.6 is 0 Å². The van der Waals surface area contributed by atoms with Gasteiger partial charge in [-0.1, -0.05) is 36.4 Å². The number of aromatic nitrogens is 2. The second-order valence-electron chi connectivity index (χ2n) is 8.18. The van der Waals surface area contributed by atoms with E-state index in [1.165, 1.54) is 24.3 Å². The topological polar surface area (TPSA) is 167 Å². The molecule has 2 aromatic carbocycles. The van der Waals surface area contributed by atoms with Crippen molar-refractivity contribution in [2.24, 2.45) is 0 Å². The molecule has 12 heteroatoms. The fourth-order valence-corrected chi connectivity index (χ4v) is 3.97. The molecule has 38 heavy (non-hydrogen) atoms.